The highest BCUT2D eigenvalue weighted by Gasteiger charge is 2.30. The summed E-state index contributed by atoms with van der Waals surface area (Å²) >= 11 is 0. The molecule has 1 aromatic rings. The van der Waals surface area contributed by atoms with Crippen LogP contribution in [0.2, 0.25) is 0 Å². The second kappa shape index (κ2) is 6.83. The quantitative estimate of drug-likeness (QED) is 0.793. The second-order valence-electron chi connectivity index (χ2n) is 4.81. The molecule has 1 aromatic heterocycles. The van der Waals surface area contributed by atoms with Gasteiger partial charge in [-0.05, 0) is 31.4 Å². The van der Waals surface area contributed by atoms with E-state index in [1.807, 2.05) is 0 Å². The number of amides is 2. The van der Waals surface area contributed by atoms with Crippen LogP contribution in [0.3, 0.4) is 0 Å². The Morgan fingerprint density at radius 3 is 2.67 bits per heavy atom. The molecule has 2 amide bonds. The molecule has 0 radical (unpaired) electrons. The van der Waals surface area contributed by atoms with Crippen LogP contribution in [0.15, 0.2) is 24.5 Å². The molecule has 0 aliphatic carbocycles. The zero-order chi connectivity index (χ0) is 15.2. The number of pyridine rings is 1. The third kappa shape index (κ3) is 3.77. The minimum atomic E-state index is -0.606. The number of nitrogens with zero attached hydrogens (tertiary/aromatic N) is 2. The van der Waals surface area contributed by atoms with Crippen molar-refractivity contribution >= 4 is 17.8 Å². The van der Waals surface area contributed by atoms with Gasteiger partial charge in [0.15, 0.2) is 6.61 Å². The number of carbonyl (C=O) groups is 3. The summed E-state index contributed by atoms with van der Waals surface area (Å²) in [6.07, 6.45) is 5.15. The molecule has 112 valence electrons. The van der Waals surface area contributed by atoms with Crippen LogP contribution in [0.1, 0.15) is 29.6 Å². The first-order valence-corrected chi connectivity index (χ1v) is 6.75. The van der Waals surface area contributed by atoms with Crippen molar-refractivity contribution in [2.75, 3.05) is 13.2 Å². The Morgan fingerprint density at radius 1 is 1.29 bits per heavy atom. The van der Waals surface area contributed by atoms with Crippen LogP contribution in [-0.4, -0.2) is 46.9 Å². The predicted molar refractivity (Wildman–Crippen MR) is 73.1 cm³/mol. The van der Waals surface area contributed by atoms with Gasteiger partial charge in [-0.2, -0.15) is 0 Å². The van der Waals surface area contributed by atoms with Crippen LogP contribution in [0.5, 0.6) is 0 Å². The fourth-order valence-electron chi connectivity index (χ4n) is 2.31. The summed E-state index contributed by atoms with van der Waals surface area (Å²) in [7, 11) is 0. The molecular formula is C14H17N3O4. The first-order valence-electron chi connectivity index (χ1n) is 6.75. The summed E-state index contributed by atoms with van der Waals surface area (Å²) in [4.78, 5) is 40.3. The molecule has 21 heavy (non-hydrogen) atoms. The summed E-state index contributed by atoms with van der Waals surface area (Å²) in [5.74, 6) is -1.53. The van der Waals surface area contributed by atoms with E-state index >= 15 is 0 Å². The molecule has 0 saturated carbocycles. The fraction of sp³-hybridized carbons (Fsp3) is 0.429. The number of primary amides is 1. The third-order valence-corrected chi connectivity index (χ3v) is 3.39. The lowest BCUT2D eigenvalue weighted by atomic mass is 10.0. The number of nitrogens with two attached hydrogens (primary N) is 1. The van der Waals surface area contributed by atoms with E-state index < -0.39 is 30.4 Å². The Morgan fingerprint density at radius 2 is 2.00 bits per heavy atom. The van der Waals surface area contributed by atoms with E-state index in [1.165, 1.54) is 29.4 Å². The maximum atomic E-state index is 12.1. The zero-order valence-electron chi connectivity index (χ0n) is 11.5. The van der Waals surface area contributed by atoms with Crippen LogP contribution in [-0.2, 0) is 14.3 Å². The van der Waals surface area contributed by atoms with Gasteiger partial charge in [-0.3, -0.25) is 14.6 Å². The van der Waals surface area contributed by atoms with Gasteiger partial charge in [0.25, 0.3) is 5.91 Å². The van der Waals surface area contributed by atoms with Crippen molar-refractivity contribution < 1.29 is 19.1 Å². The average Bonchev–Trinajstić information content (AvgIpc) is 2.53. The van der Waals surface area contributed by atoms with Crippen molar-refractivity contribution in [3.05, 3.63) is 30.1 Å². The van der Waals surface area contributed by atoms with Crippen LogP contribution < -0.4 is 5.73 Å². The number of ether oxygens (including phenoxy) is 1. The topological polar surface area (TPSA) is 103 Å². The Balaban J connectivity index is 1.92. The summed E-state index contributed by atoms with van der Waals surface area (Å²) in [5, 5.41) is 0. The monoisotopic (exact) mass is 291 g/mol. The Kier molecular flexibility index (Phi) is 4.86. The first kappa shape index (κ1) is 15.0. The van der Waals surface area contributed by atoms with Crippen LogP contribution in [0, 0.1) is 0 Å². The van der Waals surface area contributed by atoms with Crippen molar-refractivity contribution in [1.29, 1.82) is 0 Å². The number of carbonyl (C=O) groups excluding carboxylic acids is 3. The van der Waals surface area contributed by atoms with Crippen molar-refractivity contribution in [3.8, 4) is 0 Å². The molecular weight excluding hydrogens is 274 g/mol. The van der Waals surface area contributed by atoms with E-state index in [1.54, 1.807) is 0 Å². The van der Waals surface area contributed by atoms with Gasteiger partial charge in [0.2, 0.25) is 5.91 Å². The Labute approximate surface area is 122 Å². The number of esters is 1. The highest BCUT2D eigenvalue weighted by atomic mass is 16.5. The van der Waals surface area contributed by atoms with Crippen molar-refractivity contribution in [1.82, 2.24) is 9.88 Å². The predicted octanol–water partition coefficient (Wildman–Crippen LogP) is 0.105. The lowest BCUT2D eigenvalue weighted by Crippen LogP contribution is -2.51. The van der Waals surface area contributed by atoms with Gasteiger partial charge in [0.05, 0.1) is 5.56 Å². The molecule has 2 rings (SSSR count). The van der Waals surface area contributed by atoms with Gasteiger partial charge in [-0.15, -0.1) is 0 Å². The normalized spacial score (nSPS) is 18.1. The highest BCUT2D eigenvalue weighted by Crippen LogP contribution is 2.17. The van der Waals surface area contributed by atoms with Crippen LogP contribution in [0.4, 0.5) is 0 Å². The maximum Gasteiger partial charge on any atom is 0.338 e. The minimum absolute atomic E-state index is 0.322. The fourth-order valence-corrected chi connectivity index (χ4v) is 2.31. The number of rotatable bonds is 4. The molecule has 1 aliphatic rings. The molecule has 1 aliphatic heterocycles. The molecule has 0 bridgehead atoms. The third-order valence-electron chi connectivity index (χ3n) is 3.39. The van der Waals surface area contributed by atoms with Gasteiger partial charge in [0, 0.05) is 18.9 Å². The van der Waals surface area contributed by atoms with E-state index in [0.29, 0.717) is 18.5 Å². The zero-order valence-corrected chi connectivity index (χ0v) is 11.5. The lowest BCUT2D eigenvalue weighted by Gasteiger charge is -2.33. The minimum Gasteiger partial charge on any atom is -0.452 e. The first-order chi connectivity index (χ1) is 10.1. The summed E-state index contributed by atoms with van der Waals surface area (Å²) in [6.45, 7) is 0.0597. The van der Waals surface area contributed by atoms with Gasteiger partial charge in [0.1, 0.15) is 6.04 Å². The van der Waals surface area contributed by atoms with Crippen LogP contribution in [0.25, 0.3) is 0 Å². The van der Waals surface area contributed by atoms with Gasteiger partial charge >= 0.3 is 5.97 Å². The van der Waals surface area contributed by atoms with Crippen molar-refractivity contribution in [2.24, 2.45) is 5.73 Å². The largest absolute Gasteiger partial charge is 0.452 e. The Hall–Kier alpha value is -2.44. The standard InChI is InChI=1S/C14H17N3O4/c15-13(19)11-3-1-2-8-17(11)12(18)9-21-14(20)10-4-6-16-7-5-10/h4-7,11H,1-3,8-9H2,(H2,15,19)/t11-/m0/s1. The van der Waals surface area contributed by atoms with Gasteiger partial charge in [-0.25, -0.2) is 4.79 Å². The Bertz CT molecular complexity index is 532. The molecule has 0 aromatic carbocycles. The second-order valence-corrected chi connectivity index (χ2v) is 4.81. The van der Waals surface area contributed by atoms with E-state index in [0.717, 1.165) is 12.8 Å². The molecule has 1 fully saturated rings. The van der Waals surface area contributed by atoms with Crippen molar-refractivity contribution in [2.45, 2.75) is 25.3 Å². The highest BCUT2D eigenvalue weighted by molar-refractivity contribution is 5.92. The summed E-state index contributed by atoms with van der Waals surface area (Å²) < 4.78 is 4.96. The summed E-state index contributed by atoms with van der Waals surface area (Å²) in [5.41, 5.74) is 5.62. The number of hydrogen-bond acceptors (Lipinski definition) is 5. The SMILES string of the molecule is NC(=O)[C@@H]1CCCCN1C(=O)COC(=O)c1ccncc1. The molecule has 2 heterocycles. The van der Waals surface area contributed by atoms with E-state index in [-0.39, 0.29) is 0 Å². The van der Waals surface area contributed by atoms with Crippen molar-refractivity contribution in [3.63, 3.8) is 0 Å². The smallest absolute Gasteiger partial charge is 0.338 e. The number of aromatic nitrogens is 1. The molecule has 2 N–H and O–H groups in total. The number of hydrogen-bond donors (Lipinski definition) is 1. The number of likely N-dealkylation sites (tertiary alicyclic amines) is 1. The maximum absolute atomic E-state index is 12.1. The molecule has 0 spiro atoms. The van der Waals surface area contributed by atoms with E-state index in [9.17, 15) is 14.4 Å². The molecule has 1 atom stereocenters. The summed E-state index contributed by atoms with van der Waals surface area (Å²) in [6, 6.07) is 2.39. The van der Waals surface area contributed by atoms with E-state index in [4.69, 9.17) is 10.5 Å². The van der Waals surface area contributed by atoms with Crippen LogP contribution >= 0.6 is 0 Å². The average molecular weight is 291 g/mol. The van der Waals surface area contributed by atoms with Gasteiger partial charge < -0.3 is 15.4 Å². The lowest BCUT2D eigenvalue weighted by molar-refractivity contribution is -0.143. The van der Waals surface area contributed by atoms with Gasteiger partial charge in [-0.1, -0.05) is 0 Å². The molecule has 0 unspecified atom stereocenters. The molecule has 7 nitrogen and oxygen atoms in total. The molecule has 7 heteroatoms. The van der Waals surface area contributed by atoms with E-state index in [2.05, 4.69) is 4.98 Å². The number of piperidine rings is 1. The molecule has 1 saturated heterocycles.